The first-order valence-electron chi connectivity index (χ1n) is 3.63. The molecule has 1 N–H and O–H groups in total. The Labute approximate surface area is 77.6 Å². The summed E-state index contributed by atoms with van der Waals surface area (Å²) in [5.74, 6) is -7.89. The Morgan fingerprint density at radius 1 is 1.29 bits per heavy atom. The molecular weight excluding hydrogens is 225 g/mol. The number of aliphatic carboxylic acids is 1. The van der Waals surface area contributed by atoms with Crippen LogP contribution in [0.1, 0.15) is 0 Å². The van der Waals surface area contributed by atoms with Gasteiger partial charge in [0.1, 0.15) is 0 Å². The molecule has 1 aliphatic rings. The smallest absolute Gasteiger partial charge is 0.393 e. The zero-order valence-corrected chi connectivity index (χ0v) is 7.60. The number of alkyl halides is 3. The van der Waals surface area contributed by atoms with Crippen molar-refractivity contribution in [1.82, 2.24) is 0 Å². The second kappa shape index (κ2) is 3.11. The van der Waals surface area contributed by atoms with Gasteiger partial charge in [-0.25, -0.2) is 8.42 Å². The topological polar surface area (TPSA) is 71.4 Å². The van der Waals surface area contributed by atoms with E-state index in [9.17, 15) is 26.4 Å². The number of carboxylic acid groups (broad SMARTS) is 1. The number of rotatable bonds is 1. The van der Waals surface area contributed by atoms with E-state index in [2.05, 4.69) is 0 Å². The minimum atomic E-state index is -4.77. The van der Waals surface area contributed by atoms with Gasteiger partial charge in [-0.15, -0.1) is 0 Å². The van der Waals surface area contributed by atoms with Crippen LogP contribution in [-0.2, 0) is 14.6 Å². The fourth-order valence-corrected chi connectivity index (χ4v) is 3.44. The minimum absolute atomic E-state index is 0.924. The second-order valence-corrected chi connectivity index (χ2v) is 5.32. The summed E-state index contributed by atoms with van der Waals surface area (Å²) in [6.45, 7) is 0. The average molecular weight is 232 g/mol. The van der Waals surface area contributed by atoms with Crippen LogP contribution in [-0.4, -0.2) is 37.2 Å². The maximum atomic E-state index is 12.2. The predicted molar refractivity (Wildman–Crippen MR) is 39.3 cm³/mol. The summed E-state index contributed by atoms with van der Waals surface area (Å²) in [7, 11) is -3.87. The molecule has 1 aliphatic heterocycles. The van der Waals surface area contributed by atoms with Crippen LogP contribution in [0, 0.1) is 11.8 Å². The number of carbonyl (C=O) groups is 1. The molecule has 1 rings (SSSR count). The molecule has 1 fully saturated rings. The van der Waals surface area contributed by atoms with Gasteiger partial charge in [-0.2, -0.15) is 13.2 Å². The third-order valence-electron chi connectivity index (χ3n) is 2.09. The SMILES string of the molecule is O=C(O)C1CS(=O)(=O)CC1C(F)(F)F. The average Bonchev–Trinajstić information content (AvgIpc) is 2.24. The lowest BCUT2D eigenvalue weighted by molar-refractivity contribution is -0.186. The highest BCUT2D eigenvalue weighted by molar-refractivity contribution is 7.91. The fourth-order valence-electron chi connectivity index (χ4n) is 1.41. The predicted octanol–water partition coefficient (Wildman–Crippen LogP) is 0.294. The molecule has 1 saturated heterocycles. The Kier molecular flexibility index (Phi) is 2.51. The summed E-state index contributed by atoms with van der Waals surface area (Å²) in [5.41, 5.74) is 0. The second-order valence-electron chi connectivity index (χ2n) is 3.17. The van der Waals surface area contributed by atoms with E-state index < -0.39 is 45.3 Å². The van der Waals surface area contributed by atoms with Gasteiger partial charge < -0.3 is 5.11 Å². The number of sulfone groups is 1. The molecule has 4 nitrogen and oxygen atoms in total. The van der Waals surface area contributed by atoms with Crippen molar-refractivity contribution >= 4 is 15.8 Å². The van der Waals surface area contributed by atoms with Gasteiger partial charge in [-0.3, -0.25) is 4.79 Å². The van der Waals surface area contributed by atoms with Gasteiger partial charge in [-0.05, 0) is 0 Å². The molecule has 0 radical (unpaired) electrons. The zero-order valence-electron chi connectivity index (χ0n) is 6.78. The highest BCUT2D eigenvalue weighted by Gasteiger charge is 2.55. The van der Waals surface area contributed by atoms with Gasteiger partial charge >= 0.3 is 12.1 Å². The van der Waals surface area contributed by atoms with E-state index in [0.717, 1.165) is 0 Å². The number of hydrogen-bond donors (Lipinski definition) is 1. The summed E-state index contributed by atoms with van der Waals surface area (Å²) in [6, 6.07) is 0. The first-order valence-corrected chi connectivity index (χ1v) is 5.45. The first kappa shape index (κ1) is 11.3. The molecule has 0 aromatic heterocycles. The van der Waals surface area contributed by atoms with Crippen molar-refractivity contribution in [2.45, 2.75) is 6.18 Å². The van der Waals surface area contributed by atoms with Gasteiger partial charge in [0.2, 0.25) is 0 Å². The van der Waals surface area contributed by atoms with Crippen LogP contribution in [0.4, 0.5) is 13.2 Å². The highest BCUT2D eigenvalue weighted by Crippen LogP contribution is 2.38. The Bertz CT molecular complexity index is 345. The molecule has 0 aromatic rings. The lowest BCUT2D eigenvalue weighted by Crippen LogP contribution is -2.33. The van der Waals surface area contributed by atoms with Crippen molar-refractivity contribution in [2.75, 3.05) is 11.5 Å². The monoisotopic (exact) mass is 232 g/mol. The molecule has 2 unspecified atom stereocenters. The lowest BCUT2D eigenvalue weighted by Gasteiger charge is -2.16. The summed E-state index contributed by atoms with van der Waals surface area (Å²) < 4.78 is 58.2. The largest absolute Gasteiger partial charge is 0.481 e. The summed E-state index contributed by atoms with van der Waals surface area (Å²) >= 11 is 0. The molecule has 0 aromatic carbocycles. The Balaban J connectivity index is 3.01. The van der Waals surface area contributed by atoms with E-state index in [0.29, 0.717) is 0 Å². The molecule has 1 heterocycles. The van der Waals surface area contributed by atoms with E-state index >= 15 is 0 Å². The molecule has 0 spiro atoms. The van der Waals surface area contributed by atoms with Crippen LogP contribution in [0.3, 0.4) is 0 Å². The van der Waals surface area contributed by atoms with Gasteiger partial charge in [0.25, 0.3) is 0 Å². The summed E-state index contributed by atoms with van der Waals surface area (Å²) in [5, 5.41) is 8.41. The first-order chi connectivity index (χ1) is 6.13. The number of halogens is 3. The molecule has 0 saturated carbocycles. The van der Waals surface area contributed by atoms with Crippen molar-refractivity contribution in [3.63, 3.8) is 0 Å². The molecule has 14 heavy (non-hydrogen) atoms. The molecule has 0 bridgehead atoms. The maximum Gasteiger partial charge on any atom is 0.393 e. The minimum Gasteiger partial charge on any atom is -0.481 e. The van der Waals surface area contributed by atoms with Crippen molar-refractivity contribution in [3.8, 4) is 0 Å². The van der Waals surface area contributed by atoms with Crippen LogP contribution >= 0.6 is 0 Å². The van der Waals surface area contributed by atoms with E-state index in [1.54, 1.807) is 0 Å². The molecule has 82 valence electrons. The third-order valence-corrected chi connectivity index (χ3v) is 3.82. The molecule has 0 amide bonds. The van der Waals surface area contributed by atoms with Gasteiger partial charge in [0, 0.05) is 0 Å². The molecule has 2 atom stereocenters. The normalized spacial score (nSPS) is 31.6. The maximum absolute atomic E-state index is 12.2. The zero-order chi connectivity index (χ0) is 11.1. The highest BCUT2D eigenvalue weighted by atomic mass is 32.2. The van der Waals surface area contributed by atoms with Crippen LogP contribution in [0.15, 0.2) is 0 Å². The van der Waals surface area contributed by atoms with Gasteiger partial charge in [0.05, 0.1) is 23.3 Å². The Morgan fingerprint density at radius 3 is 2.07 bits per heavy atom. The van der Waals surface area contributed by atoms with E-state index in [1.165, 1.54) is 0 Å². The van der Waals surface area contributed by atoms with Crippen LogP contribution in [0.5, 0.6) is 0 Å². The molecule has 8 heteroatoms. The van der Waals surface area contributed by atoms with Crippen LogP contribution in [0.25, 0.3) is 0 Å². The Hall–Kier alpha value is -0.790. The number of carboxylic acids is 1. The quantitative estimate of drug-likeness (QED) is 0.705. The molecular formula is C6H7F3O4S. The standard InChI is InChI=1S/C6H7F3O4S/c7-6(8,9)4-2-14(12,13)1-3(4)5(10)11/h3-4H,1-2H2,(H,10,11). The van der Waals surface area contributed by atoms with E-state index in [1.807, 2.05) is 0 Å². The lowest BCUT2D eigenvalue weighted by atomic mass is 9.96. The van der Waals surface area contributed by atoms with E-state index in [-0.39, 0.29) is 0 Å². The third kappa shape index (κ3) is 2.17. The van der Waals surface area contributed by atoms with Crippen LogP contribution < -0.4 is 0 Å². The number of hydrogen-bond acceptors (Lipinski definition) is 3. The van der Waals surface area contributed by atoms with Crippen molar-refractivity contribution in [2.24, 2.45) is 11.8 Å². The summed E-state index contributed by atoms with van der Waals surface area (Å²) in [4.78, 5) is 10.4. The van der Waals surface area contributed by atoms with Crippen molar-refractivity contribution < 1.29 is 31.5 Å². The van der Waals surface area contributed by atoms with Gasteiger partial charge in [-0.1, -0.05) is 0 Å². The van der Waals surface area contributed by atoms with Crippen molar-refractivity contribution in [1.29, 1.82) is 0 Å². The van der Waals surface area contributed by atoms with Crippen LogP contribution in [0.2, 0.25) is 0 Å². The molecule has 0 aliphatic carbocycles. The summed E-state index contributed by atoms with van der Waals surface area (Å²) in [6.07, 6.45) is -4.77. The fraction of sp³-hybridized carbons (Fsp3) is 0.833. The van der Waals surface area contributed by atoms with E-state index in [4.69, 9.17) is 5.11 Å². The van der Waals surface area contributed by atoms with Gasteiger partial charge in [0.15, 0.2) is 9.84 Å². The van der Waals surface area contributed by atoms with Crippen molar-refractivity contribution in [3.05, 3.63) is 0 Å². The Morgan fingerprint density at radius 2 is 1.79 bits per heavy atom.